The van der Waals surface area contributed by atoms with E-state index in [1.165, 1.54) is 0 Å². The summed E-state index contributed by atoms with van der Waals surface area (Å²) in [6.45, 7) is 0. The van der Waals surface area contributed by atoms with Gasteiger partial charge in [0.1, 0.15) is 0 Å². The minimum absolute atomic E-state index is 0.372. The highest BCUT2D eigenvalue weighted by Gasteiger charge is 2.30. The van der Waals surface area contributed by atoms with Crippen molar-refractivity contribution in [2.75, 3.05) is 0 Å². The average Bonchev–Trinajstić information content (AvgIpc) is 3.42. The van der Waals surface area contributed by atoms with Crippen LogP contribution in [-0.4, -0.2) is 40.0 Å². The standard InChI is InChI=1S/C66H41N9O3/c1-4-16-40(17-5-1)61-67-70-64(76-61)43-28-34-46(35-29-43)73-52-25-13-10-22-49(52)55-58(73)56-50-23-11-14-26-53(50)74(47-36-30-44(31-37-47)65-71-68-62(77-65)41-18-6-2-7-19-41)60(56)57-51-24-12-15-27-54(51)75(59(55)57)48-38-32-45(33-39-48)66-72-69-63(78-66)42-20-8-3-9-21-42/h1-39,61,67H. The molecule has 16 rings (SSSR count). The van der Waals surface area contributed by atoms with Gasteiger partial charge in [-0.15, -0.1) is 25.5 Å². The van der Waals surface area contributed by atoms with Gasteiger partial charge in [-0.05, 0) is 115 Å². The summed E-state index contributed by atoms with van der Waals surface area (Å²) in [5.41, 5.74) is 17.8. The minimum atomic E-state index is -0.372. The molecule has 5 aromatic heterocycles. The fourth-order valence-electron chi connectivity index (χ4n) is 11.5. The molecule has 368 valence electrons. The summed E-state index contributed by atoms with van der Waals surface area (Å²) in [6.07, 6.45) is -0.372. The van der Waals surface area contributed by atoms with Crippen LogP contribution >= 0.6 is 0 Å². The second-order valence-corrected chi connectivity index (χ2v) is 19.4. The van der Waals surface area contributed by atoms with Crippen molar-refractivity contribution in [2.24, 2.45) is 5.10 Å². The number of nitrogens with zero attached hydrogens (tertiary/aromatic N) is 8. The highest BCUT2D eigenvalue weighted by atomic mass is 16.5. The molecule has 0 saturated heterocycles. The Kier molecular flexibility index (Phi) is 9.69. The minimum Gasteiger partial charge on any atom is -0.446 e. The maximum Gasteiger partial charge on any atom is 0.248 e. The molecule has 12 heteroatoms. The molecule has 0 fully saturated rings. The first-order chi connectivity index (χ1) is 38.7. The first-order valence-electron chi connectivity index (χ1n) is 25.8. The predicted octanol–water partition coefficient (Wildman–Crippen LogP) is 15.4. The zero-order valence-corrected chi connectivity index (χ0v) is 41.4. The molecule has 1 aliphatic rings. The molecule has 0 spiro atoms. The number of hydrazone groups is 1. The quantitative estimate of drug-likeness (QED) is 0.151. The van der Waals surface area contributed by atoms with Crippen molar-refractivity contribution < 1.29 is 13.6 Å². The average molecular weight is 1010 g/mol. The van der Waals surface area contributed by atoms with E-state index in [2.05, 4.69) is 190 Å². The smallest absolute Gasteiger partial charge is 0.248 e. The molecule has 0 bridgehead atoms. The molecule has 10 aromatic carbocycles. The first-order valence-corrected chi connectivity index (χ1v) is 25.8. The Hall–Kier alpha value is -10.9. The molecule has 78 heavy (non-hydrogen) atoms. The van der Waals surface area contributed by atoms with E-state index in [0.717, 1.165) is 116 Å². The predicted molar refractivity (Wildman–Crippen MR) is 307 cm³/mol. The highest BCUT2D eigenvalue weighted by Crippen LogP contribution is 2.50. The molecule has 1 unspecified atom stereocenters. The van der Waals surface area contributed by atoms with Gasteiger partial charge in [-0.25, -0.2) is 0 Å². The van der Waals surface area contributed by atoms with Crippen molar-refractivity contribution >= 4 is 71.3 Å². The Labute approximate surface area is 444 Å². The highest BCUT2D eigenvalue weighted by molar-refractivity contribution is 6.40. The van der Waals surface area contributed by atoms with Gasteiger partial charge in [0, 0.05) is 82.8 Å². The number of hydrogen-bond donors (Lipinski definition) is 1. The molecule has 15 aromatic rings. The molecule has 0 saturated carbocycles. The maximum atomic E-state index is 6.39. The van der Waals surface area contributed by atoms with Gasteiger partial charge in [0.25, 0.3) is 0 Å². The summed E-state index contributed by atoms with van der Waals surface area (Å²) in [7, 11) is 0. The third kappa shape index (κ3) is 6.76. The normalized spacial score (nSPS) is 13.5. The van der Waals surface area contributed by atoms with E-state index in [4.69, 9.17) is 13.6 Å². The monoisotopic (exact) mass is 1010 g/mol. The number of rotatable bonds is 9. The fraction of sp³-hybridized carbons (Fsp3) is 0.0152. The zero-order chi connectivity index (χ0) is 51.3. The largest absolute Gasteiger partial charge is 0.446 e. The number of benzene rings is 10. The van der Waals surface area contributed by atoms with Crippen molar-refractivity contribution in [3.63, 3.8) is 0 Å². The summed E-state index contributed by atoms with van der Waals surface area (Å²) in [5, 5.41) is 29.2. The molecular formula is C66H41N9O3. The molecule has 1 N–H and O–H groups in total. The summed E-state index contributed by atoms with van der Waals surface area (Å²) in [5.74, 6) is 2.39. The SMILES string of the molecule is c1ccc(-c2nnc(-c3ccc(-n4c5ccccc5c5c6c(c7ccccc7n6-c6ccc(C7=NNC(c8ccccc8)O7)cc6)c6c(c7ccccc7n6-c6ccc(-c7nnc(-c8ccccc8)o7)cc6)c54)cc3)o2)cc1. The van der Waals surface area contributed by atoms with Crippen molar-refractivity contribution in [1.82, 2.24) is 39.5 Å². The van der Waals surface area contributed by atoms with Crippen LogP contribution in [0.3, 0.4) is 0 Å². The lowest BCUT2D eigenvalue weighted by Gasteiger charge is -2.14. The van der Waals surface area contributed by atoms with Crippen molar-refractivity contribution in [1.29, 1.82) is 0 Å². The third-order valence-corrected chi connectivity index (χ3v) is 15.0. The van der Waals surface area contributed by atoms with Gasteiger partial charge in [-0.3, -0.25) is 5.43 Å². The number of aromatic nitrogens is 7. The first kappa shape index (κ1) is 43.5. The van der Waals surface area contributed by atoms with Gasteiger partial charge in [0.05, 0.1) is 33.1 Å². The lowest BCUT2D eigenvalue weighted by atomic mass is 10.0. The molecule has 0 amide bonds. The van der Waals surface area contributed by atoms with E-state index in [0.29, 0.717) is 29.5 Å². The molecule has 6 heterocycles. The van der Waals surface area contributed by atoms with Crippen LogP contribution in [-0.2, 0) is 4.74 Å². The molecular weight excluding hydrogens is 967 g/mol. The molecule has 12 nitrogen and oxygen atoms in total. The van der Waals surface area contributed by atoms with Crippen LogP contribution in [0.2, 0.25) is 0 Å². The van der Waals surface area contributed by atoms with Crippen molar-refractivity contribution in [3.8, 4) is 62.9 Å². The number of ether oxygens (including phenoxy) is 1. The summed E-state index contributed by atoms with van der Waals surface area (Å²) >= 11 is 0. The Morgan fingerprint density at radius 1 is 0.321 bits per heavy atom. The van der Waals surface area contributed by atoms with E-state index in [9.17, 15) is 0 Å². The van der Waals surface area contributed by atoms with Crippen LogP contribution in [0.1, 0.15) is 17.4 Å². The lowest BCUT2D eigenvalue weighted by Crippen LogP contribution is -2.12. The molecule has 1 atom stereocenters. The van der Waals surface area contributed by atoms with Crippen molar-refractivity contribution in [2.45, 2.75) is 6.23 Å². The molecule has 1 aliphatic heterocycles. The van der Waals surface area contributed by atoms with Gasteiger partial charge >= 0.3 is 0 Å². The Morgan fingerprint density at radius 3 is 1.03 bits per heavy atom. The lowest BCUT2D eigenvalue weighted by molar-refractivity contribution is 0.192. The van der Waals surface area contributed by atoms with Crippen molar-refractivity contribution in [3.05, 3.63) is 248 Å². The number of hydrogen-bond acceptors (Lipinski definition) is 9. The fourth-order valence-corrected chi connectivity index (χ4v) is 11.5. The summed E-state index contributed by atoms with van der Waals surface area (Å²) < 4.78 is 26.2. The van der Waals surface area contributed by atoms with E-state index in [1.54, 1.807) is 0 Å². The van der Waals surface area contributed by atoms with Crippen LogP contribution in [0.15, 0.2) is 251 Å². The van der Waals surface area contributed by atoms with Crippen LogP contribution in [0.4, 0.5) is 0 Å². The van der Waals surface area contributed by atoms with E-state index < -0.39 is 0 Å². The summed E-state index contributed by atoms with van der Waals surface area (Å²) in [4.78, 5) is 0. The molecule has 0 aliphatic carbocycles. The van der Waals surface area contributed by atoms with Gasteiger partial charge in [0.15, 0.2) is 0 Å². The van der Waals surface area contributed by atoms with Crippen LogP contribution in [0.25, 0.3) is 128 Å². The summed E-state index contributed by atoms with van der Waals surface area (Å²) in [6, 6.07) is 81.5. The topological polar surface area (TPSA) is 126 Å². The molecule has 0 radical (unpaired) electrons. The Balaban J connectivity index is 0.948. The zero-order valence-electron chi connectivity index (χ0n) is 41.4. The van der Waals surface area contributed by atoms with Crippen LogP contribution < -0.4 is 5.43 Å². The third-order valence-electron chi connectivity index (χ3n) is 15.0. The van der Waals surface area contributed by atoms with Gasteiger partial charge in [0.2, 0.25) is 35.7 Å². The van der Waals surface area contributed by atoms with Gasteiger partial charge in [-0.1, -0.05) is 121 Å². The van der Waals surface area contributed by atoms with E-state index in [1.807, 2.05) is 91.0 Å². The number of fused-ring (bicyclic) bond motifs is 12. The van der Waals surface area contributed by atoms with Crippen LogP contribution in [0, 0.1) is 0 Å². The second kappa shape index (κ2) is 17.4. The second-order valence-electron chi connectivity index (χ2n) is 19.4. The van der Waals surface area contributed by atoms with Gasteiger partial charge in [-0.2, -0.15) is 0 Å². The van der Waals surface area contributed by atoms with Gasteiger partial charge < -0.3 is 27.3 Å². The number of para-hydroxylation sites is 3. The number of nitrogens with one attached hydrogen (secondary N) is 1. The Morgan fingerprint density at radius 2 is 0.641 bits per heavy atom. The van der Waals surface area contributed by atoms with E-state index in [-0.39, 0.29) is 6.23 Å². The van der Waals surface area contributed by atoms with Crippen LogP contribution in [0.5, 0.6) is 0 Å². The Bertz CT molecular complexity index is 4670. The maximum absolute atomic E-state index is 6.39. The van der Waals surface area contributed by atoms with E-state index >= 15 is 0 Å².